The first-order valence-corrected chi connectivity index (χ1v) is 7.20. The molecule has 0 atom stereocenters. The third-order valence-electron chi connectivity index (χ3n) is 3.29. The Morgan fingerprint density at radius 1 is 1.18 bits per heavy atom. The van der Waals surface area contributed by atoms with Crippen LogP contribution in [0.1, 0.15) is 19.4 Å². The zero-order valence-corrected chi connectivity index (χ0v) is 12.9. The number of hydrogen-bond donors (Lipinski definition) is 1. The standard InChI is InChI=1S/C15H16ClF3N2O/c1-3-21(4-2)13-6-5-10(15(17,18)19)9-12(13)20-14-11(16)7-8-22-14/h5-9,20H,3-4H2,1-2H3. The number of nitrogens with one attached hydrogen (secondary N) is 1. The highest BCUT2D eigenvalue weighted by molar-refractivity contribution is 6.32. The van der Waals surface area contributed by atoms with Crippen LogP contribution in [0.5, 0.6) is 0 Å². The summed E-state index contributed by atoms with van der Waals surface area (Å²) in [6.45, 7) is 5.21. The summed E-state index contributed by atoms with van der Waals surface area (Å²) in [6.07, 6.45) is -3.04. The molecule has 1 aromatic heterocycles. The van der Waals surface area contributed by atoms with E-state index in [4.69, 9.17) is 16.0 Å². The second-order valence-corrected chi connectivity index (χ2v) is 5.03. The van der Waals surface area contributed by atoms with E-state index in [1.165, 1.54) is 18.4 Å². The maximum Gasteiger partial charge on any atom is 0.416 e. The molecule has 0 amide bonds. The number of halogens is 4. The Bertz CT molecular complexity index is 636. The van der Waals surface area contributed by atoms with Gasteiger partial charge in [-0.25, -0.2) is 0 Å². The largest absolute Gasteiger partial charge is 0.447 e. The maximum absolute atomic E-state index is 12.9. The Labute approximate surface area is 131 Å². The van der Waals surface area contributed by atoms with Crippen LogP contribution >= 0.6 is 11.6 Å². The van der Waals surface area contributed by atoms with E-state index in [0.717, 1.165) is 12.1 Å². The van der Waals surface area contributed by atoms with Crippen LogP contribution in [0.2, 0.25) is 5.02 Å². The zero-order valence-electron chi connectivity index (χ0n) is 12.2. The Morgan fingerprint density at radius 3 is 2.36 bits per heavy atom. The van der Waals surface area contributed by atoms with Gasteiger partial charge in [0.05, 0.1) is 23.2 Å². The third-order valence-corrected chi connectivity index (χ3v) is 3.59. The summed E-state index contributed by atoms with van der Waals surface area (Å²) < 4.78 is 43.9. The summed E-state index contributed by atoms with van der Waals surface area (Å²) in [7, 11) is 0. The quantitative estimate of drug-likeness (QED) is 0.779. The normalized spacial score (nSPS) is 11.5. The molecular weight excluding hydrogens is 317 g/mol. The highest BCUT2D eigenvalue weighted by Crippen LogP contribution is 2.37. The number of furan rings is 1. The van der Waals surface area contributed by atoms with Gasteiger partial charge in [-0.3, -0.25) is 0 Å². The van der Waals surface area contributed by atoms with E-state index in [-0.39, 0.29) is 5.88 Å². The molecule has 0 radical (unpaired) electrons. The van der Waals surface area contributed by atoms with Gasteiger partial charge in [-0.05, 0) is 38.1 Å². The van der Waals surface area contributed by atoms with E-state index in [1.54, 1.807) is 0 Å². The van der Waals surface area contributed by atoms with Crippen LogP contribution in [0.15, 0.2) is 34.9 Å². The van der Waals surface area contributed by atoms with E-state index in [2.05, 4.69) is 5.32 Å². The average molecular weight is 333 g/mol. The fourth-order valence-corrected chi connectivity index (χ4v) is 2.30. The van der Waals surface area contributed by atoms with Crippen molar-refractivity contribution >= 4 is 28.9 Å². The van der Waals surface area contributed by atoms with Crippen molar-refractivity contribution in [3.8, 4) is 0 Å². The molecule has 0 aliphatic heterocycles. The summed E-state index contributed by atoms with van der Waals surface area (Å²) >= 11 is 5.93. The van der Waals surface area contributed by atoms with Gasteiger partial charge in [-0.15, -0.1) is 0 Å². The molecule has 0 aliphatic carbocycles. The predicted molar refractivity (Wildman–Crippen MR) is 82.0 cm³/mol. The number of nitrogens with zero attached hydrogens (tertiary/aromatic N) is 1. The van der Waals surface area contributed by atoms with Gasteiger partial charge >= 0.3 is 6.18 Å². The predicted octanol–water partition coefficient (Wildman–Crippen LogP) is 5.54. The first-order valence-electron chi connectivity index (χ1n) is 6.83. The molecule has 3 nitrogen and oxygen atoms in total. The van der Waals surface area contributed by atoms with Crippen molar-refractivity contribution in [2.75, 3.05) is 23.3 Å². The molecule has 2 aromatic rings. The molecule has 1 heterocycles. The second-order valence-electron chi connectivity index (χ2n) is 4.62. The summed E-state index contributed by atoms with van der Waals surface area (Å²) in [4.78, 5) is 1.94. The molecule has 0 saturated carbocycles. The smallest absolute Gasteiger partial charge is 0.416 e. The first-order chi connectivity index (χ1) is 10.4. The van der Waals surface area contributed by atoms with Gasteiger partial charge in [0, 0.05) is 13.1 Å². The molecule has 0 aliphatic rings. The van der Waals surface area contributed by atoms with Crippen molar-refractivity contribution in [1.29, 1.82) is 0 Å². The van der Waals surface area contributed by atoms with Crippen molar-refractivity contribution in [3.05, 3.63) is 41.1 Å². The fraction of sp³-hybridized carbons (Fsp3) is 0.333. The minimum absolute atomic E-state index is 0.217. The summed E-state index contributed by atoms with van der Waals surface area (Å²) in [5.74, 6) is 0.217. The average Bonchev–Trinajstić information content (AvgIpc) is 2.86. The summed E-state index contributed by atoms with van der Waals surface area (Å²) in [5, 5.41) is 3.15. The topological polar surface area (TPSA) is 28.4 Å². The minimum atomic E-state index is -4.41. The van der Waals surface area contributed by atoms with Crippen LogP contribution in [0.4, 0.5) is 30.4 Å². The molecule has 0 spiro atoms. The Kier molecular flexibility index (Phi) is 4.90. The van der Waals surface area contributed by atoms with E-state index in [9.17, 15) is 13.2 Å². The van der Waals surface area contributed by atoms with E-state index >= 15 is 0 Å². The van der Waals surface area contributed by atoms with Crippen LogP contribution in [-0.4, -0.2) is 13.1 Å². The lowest BCUT2D eigenvalue weighted by atomic mass is 10.1. The molecular formula is C15H16ClF3N2O. The van der Waals surface area contributed by atoms with Crippen LogP contribution in [-0.2, 0) is 6.18 Å². The second kappa shape index (κ2) is 6.52. The number of alkyl halides is 3. The summed E-state index contributed by atoms with van der Waals surface area (Å²) in [6, 6.07) is 5.11. The van der Waals surface area contributed by atoms with Gasteiger partial charge in [-0.1, -0.05) is 11.6 Å². The highest BCUT2D eigenvalue weighted by Gasteiger charge is 2.31. The molecule has 0 bridgehead atoms. The van der Waals surface area contributed by atoms with E-state index < -0.39 is 11.7 Å². The summed E-state index contributed by atoms with van der Waals surface area (Å²) in [5.41, 5.74) is 0.231. The zero-order chi connectivity index (χ0) is 16.3. The van der Waals surface area contributed by atoms with Gasteiger partial charge in [0.2, 0.25) is 5.88 Å². The van der Waals surface area contributed by atoms with Crippen LogP contribution in [0, 0.1) is 0 Å². The molecule has 2 rings (SSSR count). The Morgan fingerprint density at radius 2 is 1.86 bits per heavy atom. The lowest BCUT2D eigenvalue weighted by Crippen LogP contribution is -2.23. The Hall–Kier alpha value is -1.82. The van der Waals surface area contributed by atoms with Crippen molar-refractivity contribution in [3.63, 3.8) is 0 Å². The maximum atomic E-state index is 12.9. The molecule has 0 unspecified atom stereocenters. The van der Waals surface area contributed by atoms with Crippen LogP contribution < -0.4 is 10.2 Å². The van der Waals surface area contributed by atoms with Gasteiger partial charge in [-0.2, -0.15) is 13.2 Å². The SMILES string of the molecule is CCN(CC)c1ccc(C(F)(F)F)cc1Nc1occc1Cl. The van der Waals surface area contributed by atoms with E-state index in [0.29, 0.717) is 29.5 Å². The van der Waals surface area contributed by atoms with Gasteiger partial charge in [0.1, 0.15) is 5.02 Å². The van der Waals surface area contributed by atoms with Crippen LogP contribution in [0.25, 0.3) is 0 Å². The molecule has 0 fully saturated rings. The number of benzene rings is 1. The number of anilines is 3. The lowest BCUT2D eigenvalue weighted by molar-refractivity contribution is -0.137. The van der Waals surface area contributed by atoms with Gasteiger partial charge in [0.15, 0.2) is 0 Å². The van der Waals surface area contributed by atoms with Crippen molar-refractivity contribution in [1.82, 2.24) is 0 Å². The van der Waals surface area contributed by atoms with Gasteiger partial charge < -0.3 is 14.6 Å². The molecule has 7 heteroatoms. The van der Waals surface area contributed by atoms with Crippen LogP contribution in [0.3, 0.4) is 0 Å². The lowest BCUT2D eigenvalue weighted by Gasteiger charge is -2.25. The molecule has 120 valence electrons. The van der Waals surface area contributed by atoms with Crippen molar-refractivity contribution in [2.45, 2.75) is 20.0 Å². The van der Waals surface area contributed by atoms with Crippen molar-refractivity contribution in [2.24, 2.45) is 0 Å². The number of rotatable bonds is 5. The van der Waals surface area contributed by atoms with E-state index in [1.807, 2.05) is 18.7 Å². The fourth-order valence-electron chi connectivity index (χ4n) is 2.16. The monoisotopic (exact) mass is 332 g/mol. The Balaban J connectivity index is 2.47. The van der Waals surface area contributed by atoms with Gasteiger partial charge in [0.25, 0.3) is 0 Å². The molecule has 1 aromatic carbocycles. The number of hydrogen-bond acceptors (Lipinski definition) is 3. The molecule has 1 N–H and O–H groups in total. The van der Waals surface area contributed by atoms with Crippen molar-refractivity contribution < 1.29 is 17.6 Å². The highest BCUT2D eigenvalue weighted by atomic mass is 35.5. The first kappa shape index (κ1) is 16.5. The molecule has 0 saturated heterocycles. The third kappa shape index (κ3) is 3.50. The minimum Gasteiger partial charge on any atom is -0.447 e. The molecule has 22 heavy (non-hydrogen) atoms.